The van der Waals surface area contributed by atoms with Crippen LogP contribution in [-0.2, 0) is 4.79 Å². The number of ether oxygens (including phenoxy) is 2. The number of nitrogens with one attached hydrogen (secondary N) is 2. The van der Waals surface area contributed by atoms with E-state index in [4.69, 9.17) is 20.9 Å². The minimum atomic E-state index is -0.879. The molecule has 0 aliphatic carbocycles. The zero-order valence-corrected chi connectivity index (χ0v) is 16.6. The molecule has 9 nitrogen and oxygen atoms in total. The standard InChI is InChI=1S/C19H24FN5O4/c1-9(2)15(17(22)27)24-19-14(20)8-13(16(21)26)18(25-19)23-10-5-11(28-3)7-12(6-10)29-4/h5-9,15H,1-4H3,(H2,21,26)(H2,22,27)(H2,23,24,25). The third kappa shape index (κ3) is 5.24. The van der Waals surface area contributed by atoms with E-state index in [0.717, 1.165) is 6.07 Å². The molecule has 6 N–H and O–H groups in total. The number of primary amides is 2. The number of halogens is 1. The highest BCUT2D eigenvalue weighted by Crippen LogP contribution is 2.30. The number of pyridine rings is 1. The maximum absolute atomic E-state index is 14.5. The fourth-order valence-corrected chi connectivity index (χ4v) is 2.60. The lowest BCUT2D eigenvalue weighted by Gasteiger charge is -2.21. The van der Waals surface area contributed by atoms with Gasteiger partial charge in [0.2, 0.25) is 5.91 Å². The molecule has 0 radical (unpaired) electrons. The Balaban J connectivity index is 2.50. The summed E-state index contributed by atoms with van der Waals surface area (Å²) in [7, 11) is 2.98. The second-order valence-corrected chi connectivity index (χ2v) is 6.57. The SMILES string of the molecule is COc1cc(Nc2nc(NC(C(N)=O)C(C)C)c(F)cc2C(N)=O)cc(OC)c1. The lowest BCUT2D eigenvalue weighted by atomic mass is 10.0. The number of carbonyl (C=O) groups excluding carboxylic acids is 2. The Bertz CT molecular complexity index is 897. The predicted molar refractivity (Wildman–Crippen MR) is 107 cm³/mol. The van der Waals surface area contributed by atoms with Crippen molar-refractivity contribution in [3.63, 3.8) is 0 Å². The summed E-state index contributed by atoms with van der Waals surface area (Å²) in [4.78, 5) is 27.5. The van der Waals surface area contributed by atoms with Crippen molar-refractivity contribution < 1.29 is 23.5 Å². The lowest BCUT2D eigenvalue weighted by Crippen LogP contribution is -2.40. The Morgan fingerprint density at radius 1 is 1.03 bits per heavy atom. The maximum atomic E-state index is 14.5. The molecule has 1 aromatic carbocycles. The van der Waals surface area contributed by atoms with Crippen LogP contribution in [0.4, 0.5) is 21.7 Å². The van der Waals surface area contributed by atoms with E-state index in [1.165, 1.54) is 14.2 Å². The summed E-state index contributed by atoms with van der Waals surface area (Å²) in [6.07, 6.45) is 0. The highest BCUT2D eigenvalue weighted by Gasteiger charge is 2.23. The summed E-state index contributed by atoms with van der Waals surface area (Å²) in [6, 6.07) is 5.00. The molecular weight excluding hydrogens is 381 g/mol. The van der Waals surface area contributed by atoms with Crippen LogP contribution in [0.1, 0.15) is 24.2 Å². The molecule has 1 unspecified atom stereocenters. The largest absolute Gasteiger partial charge is 0.497 e. The highest BCUT2D eigenvalue weighted by atomic mass is 19.1. The van der Waals surface area contributed by atoms with Crippen molar-refractivity contribution in [1.29, 1.82) is 0 Å². The highest BCUT2D eigenvalue weighted by molar-refractivity contribution is 5.98. The molecule has 1 heterocycles. The van der Waals surface area contributed by atoms with E-state index in [9.17, 15) is 14.0 Å². The van der Waals surface area contributed by atoms with Crippen molar-refractivity contribution in [3.8, 4) is 11.5 Å². The monoisotopic (exact) mass is 405 g/mol. The summed E-state index contributed by atoms with van der Waals surface area (Å²) >= 11 is 0. The summed E-state index contributed by atoms with van der Waals surface area (Å²) in [5, 5.41) is 5.59. The van der Waals surface area contributed by atoms with Gasteiger partial charge in [-0.15, -0.1) is 0 Å². The molecular formula is C19H24FN5O4. The van der Waals surface area contributed by atoms with Crippen molar-refractivity contribution in [2.24, 2.45) is 17.4 Å². The first-order valence-electron chi connectivity index (χ1n) is 8.72. The van der Waals surface area contributed by atoms with Crippen LogP contribution in [0.15, 0.2) is 24.3 Å². The molecule has 2 amide bonds. The topological polar surface area (TPSA) is 142 Å². The Morgan fingerprint density at radius 2 is 1.62 bits per heavy atom. The minimum absolute atomic E-state index is 0.0105. The summed E-state index contributed by atoms with van der Waals surface area (Å²) in [6.45, 7) is 3.50. The Morgan fingerprint density at radius 3 is 2.07 bits per heavy atom. The van der Waals surface area contributed by atoms with Gasteiger partial charge in [0.05, 0.1) is 19.8 Å². The van der Waals surface area contributed by atoms with Gasteiger partial charge in [-0.3, -0.25) is 9.59 Å². The molecule has 0 aliphatic rings. The molecule has 0 spiro atoms. The fraction of sp³-hybridized carbons (Fsp3) is 0.316. The van der Waals surface area contributed by atoms with Gasteiger partial charge in [-0.1, -0.05) is 13.8 Å². The van der Waals surface area contributed by atoms with E-state index in [1.807, 2.05) is 0 Å². The van der Waals surface area contributed by atoms with Crippen LogP contribution in [0.2, 0.25) is 0 Å². The van der Waals surface area contributed by atoms with Crippen molar-refractivity contribution >= 4 is 29.1 Å². The second-order valence-electron chi connectivity index (χ2n) is 6.57. The van der Waals surface area contributed by atoms with Gasteiger partial charge < -0.3 is 31.6 Å². The van der Waals surface area contributed by atoms with Crippen molar-refractivity contribution in [1.82, 2.24) is 4.98 Å². The molecule has 1 atom stereocenters. The number of hydrogen-bond donors (Lipinski definition) is 4. The fourth-order valence-electron chi connectivity index (χ4n) is 2.60. The molecule has 10 heteroatoms. The van der Waals surface area contributed by atoms with Crippen molar-refractivity contribution in [2.45, 2.75) is 19.9 Å². The van der Waals surface area contributed by atoms with Crippen LogP contribution in [0.25, 0.3) is 0 Å². The van der Waals surface area contributed by atoms with Gasteiger partial charge in [0.15, 0.2) is 11.6 Å². The first kappa shape index (κ1) is 21.7. The number of carbonyl (C=O) groups is 2. The number of benzene rings is 1. The van der Waals surface area contributed by atoms with E-state index >= 15 is 0 Å². The van der Waals surface area contributed by atoms with Gasteiger partial charge in [0.25, 0.3) is 5.91 Å². The smallest absolute Gasteiger partial charge is 0.252 e. The number of methoxy groups -OCH3 is 2. The molecule has 0 fully saturated rings. The van der Waals surface area contributed by atoms with Gasteiger partial charge in [0.1, 0.15) is 23.4 Å². The number of rotatable bonds is 9. The van der Waals surface area contributed by atoms with Crippen molar-refractivity contribution in [2.75, 3.05) is 24.9 Å². The minimum Gasteiger partial charge on any atom is -0.497 e. The molecule has 156 valence electrons. The number of amides is 2. The van der Waals surface area contributed by atoms with E-state index in [0.29, 0.717) is 17.2 Å². The number of hydrogen-bond acceptors (Lipinski definition) is 7. The van der Waals surface area contributed by atoms with Crippen LogP contribution in [0.5, 0.6) is 11.5 Å². The lowest BCUT2D eigenvalue weighted by molar-refractivity contribution is -0.119. The molecule has 0 bridgehead atoms. The summed E-state index contributed by atoms with van der Waals surface area (Å²) in [5.74, 6) is -1.89. The first-order chi connectivity index (χ1) is 13.7. The van der Waals surface area contributed by atoms with Crippen LogP contribution in [0.3, 0.4) is 0 Å². The van der Waals surface area contributed by atoms with E-state index in [2.05, 4.69) is 15.6 Å². The Hall–Kier alpha value is -3.56. The number of anilines is 3. The predicted octanol–water partition coefficient (Wildman–Crippen LogP) is 2.00. The summed E-state index contributed by atoms with van der Waals surface area (Å²) in [5.41, 5.74) is 11.0. The Kier molecular flexibility index (Phi) is 6.81. The van der Waals surface area contributed by atoms with Crippen LogP contribution in [0, 0.1) is 11.7 Å². The molecule has 0 aliphatic heterocycles. The van der Waals surface area contributed by atoms with E-state index in [-0.39, 0.29) is 23.1 Å². The van der Waals surface area contributed by atoms with E-state index in [1.54, 1.807) is 32.0 Å². The van der Waals surface area contributed by atoms with Gasteiger partial charge in [0, 0.05) is 23.9 Å². The van der Waals surface area contributed by atoms with Gasteiger partial charge in [-0.05, 0) is 12.0 Å². The third-order valence-electron chi connectivity index (χ3n) is 4.12. The zero-order valence-electron chi connectivity index (χ0n) is 16.6. The number of nitrogens with zero attached hydrogens (tertiary/aromatic N) is 1. The second kappa shape index (κ2) is 9.09. The molecule has 2 aromatic rings. The molecule has 0 saturated heterocycles. The average molecular weight is 405 g/mol. The molecule has 1 aromatic heterocycles. The third-order valence-corrected chi connectivity index (χ3v) is 4.12. The zero-order chi connectivity index (χ0) is 21.7. The quantitative estimate of drug-likeness (QED) is 0.500. The Labute approximate surface area is 167 Å². The van der Waals surface area contributed by atoms with Crippen LogP contribution >= 0.6 is 0 Å². The van der Waals surface area contributed by atoms with Crippen molar-refractivity contribution in [3.05, 3.63) is 35.6 Å². The molecule has 29 heavy (non-hydrogen) atoms. The van der Waals surface area contributed by atoms with Crippen LogP contribution in [-0.4, -0.2) is 37.1 Å². The maximum Gasteiger partial charge on any atom is 0.252 e. The van der Waals surface area contributed by atoms with E-state index < -0.39 is 23.7 Å². The first-order valence-corrected chi connectivity index (χ1v) is 8.72. The molecule has 2 rings (SSSR count). The van der Waals surface area contributed by atoms with Crippen LogP contribution < -0.4 is 31.6 Å². The van der Waals surface area contributed by atoms with Gasteiger partial charge in [-0.2, -0.15) is 0 Å². The van der Waals surface area contributed by atoms with Gasteiger partial charge in [-0.25, -0.2) is 9.37 Å². The normalized spacial score (nSPS) is 11.7. The average Bonchev–Trinajstić information content (AvgIpc) is 2.66. The summed E-state index contributed by atoms with van der Waals surface area (Å²) < 4.78 is 24.9. The van der Waals surface area contributed by atoms with Gasteiger partial charge >= 0.3 is 0 Å². The number of nitrogens with two attached hydrogens (primary N) is 2. The molecule has 0 saturated carbocycles. The number of aromatic nitrogens is 1.